The van der Waals surface area contributed by atoms with E-state index in [0.717, 1.165) is 0 Å². The normalized spacial score (nSPS) is 22.0. The number of halogens is 1. The SMILES string of the molecule is COc1cc2c(cc1S(=O)(=O)c1ccccc1)[C@H](O)[C@@H](Br)C(C)(C)O2. The fraction of sp³-hybridized carbons (Fsp3) is 0.333. The number of fused-ring (bicyclic) bond motifs is 1. The van der Waals surface area contributed by atoms with Crippen LogP contribution in [0.15, 0.2) is 52.3 Å². The van der Waals surface area contributed by atoms with Gasteiger partial charge in [-0.1, -0.05) is 34.1 Å². The highest BCUT2D eigenvalue weighted by Crippen LogP contribution is 2.47. The highest BCUT2D eigenvalue weighted by Gasteiger charge is 2.43. The van der Waals surface area contributed by atoms with Crippen LogP contribution in [-0.2, 0) is 9.84 Å². The molecule has 0 bridgehead atoms. The van der Waals surface area contributed by atoms with Crippen LogP contribution >= 0.6 is 15.9 Å². The Morgan fingerprint density at radius 2 is 1.84 bits per heavy atom. The lowest BCUT2D eigenvalue weighted by Gasteiger charge is -2.40. The first-order valence-corrected chi connectivity index (χ1v) is 10.1. The molecule has 0 saturated carbocycles. The molecule has 5 nitrogen and oxygen atoms in total. The van der Waals surface area contributed by atoms with Crippen molar-refractivity contribution in [3.63, 3.8) is 0 Å². The molecule has 0 unspecified atom stereocenters. The number of rotatable bonds is 3. The second-order valence-electron chi connectivity index (χ2n) is 6.41. The van der Waals surface area contributed by atoms with Crippen LogP contribution in [0.1, 0.15) is 25.5 Å². The largest absolute Gasteiger partial charge is 0.495 e. The second kappa shape index (κ2) is 6.30. The Balaban J connectivity index is 2.21. The van der Waals surface area contributed by atoms with Gasteiger partial charge in [-0.2, -0.15) is 0 Å². The second-order valence-corrected chi connectivity index (χ2v) is 9.31. The van der Waals surface area contributed by atoms with Crippen molar-refractivity contribution < 1.29 is 23.0 Å². The molecule has 134 valence electrons. The molecule has 1 aliphatic heterocycles. The molecule has 3 rings (SSSR count). The molecule has 1 aliphatic rings. The first-order chi connectivity index (χ1) is 11.7. The van der Waals surface area contributed by atoms with Gasteiger partial charge in [0.05, 0.1) is 22.9 Å². The van der Waals surface area contributed by atoms with E-state index in [-0.39, 0.29) is 20.4 Å². The lowest BCUT2D eigenvalue weighted by Crippen LogP contribution is -2.45. The fourth-order valence-electron chi connectivity index (χ4n) is 2.85. The maximum absolute atomic E-state index is 13.0. The number of sulfone groups is 1. The van der Waals surface area contributed by atoms with Crippen LogP contribution in [0.25, 0.3) is 0 Å². The third-order valence-corrected chi connectivity index (χ3v) is 7.67. The van der Waals surface area contributed by atoms with Crippen molar-refractivity contribution in [1.29, 1.82) is 0 Å². The maximum atomic E-state index is 13.0. The smallest absolute Gasteiger partial charge is 0.210 e. The average Bonchev–Trinajstić information content (AvgIpc) is 2.59. The number of hydrogen-bond donors (Lipinski definition) is 1. The van der Waals surface area contributed by atoms with Gasteiger partial charge in [0.1, 0.15) is 22.0 Å². The zero-order valence-electron chi connectivity index (χ0n) is 14.1. The fourth-order valence-corrected chi connectivity index (χ4v) is 4.69. The van der Waals surface area contributed by atoms with E-state index in [4.69, 9.17) is 9.47 Å². The summed E-state index contributed by atoms with van der Waals surface area (Å²) in [4.78, 5) is -0.217. The molecule has 2 atom stereocenters. The van der Waals surface area contributed by atoms with E-state index >= 15 is 0 Å². The van der Waals surface area contributed by atoms with Crippen LogP contribution in [0.3, 0.4) is 0 Å². The van der Waals surface area contributed by atoms with E-state index in [0.29, 0.717) is 11.3 Å². The van der Waals surface area contributed by atoms with Crippen molar-refractivity contribution in [2.75, 3.05) is 7.11 Å². The Kier molecular flexibility index (Phi) is 4.59. The Bertz CT molecular complexity index is 893. The standard InChI is InChI=1S/C18H19BrO5S/c1-18(2)17(19)16(20)12-9-15(14(23-3)10-13(12)24-18)25(21,22)11-7-5-4-6-8-11/h4-10,16-17,20H,1-3H3/t16-,17+/m0/s1. The number of benzene rings is 2. The molecule has 1 N–H and O–H groups in total. The summed E-state index contributed by atoms with van der Waals surface area (Å²) in [7, 11) is -2.39. The summed E-state index contributed by atoms with van der Waals surface area (Å²) in [5, 5.41) is 10.6. The molecule has 0 aromatic heterocycles. The summed E-state index contributed by atoms with van der Waals surface area (Å²) in [6.45, 7) is 3.69. The van der Waals surface area contributed by atoms with Crippen LogP contribution in [0.2, 0.25) is 0 Å². The number of methoxy groups -OCH3 is 1. The predicted octanol–water partition coefficient (Wildman–Crippen LogP) is 3.50. The Morgan fingerprint density at radius 3 is 2.44 bits per heavy atom. The van der Waals surface area contributed by atoms with Crippen LogP contribution in [0.5, 0.6) is 11.5 Å². The molecule has 0 amide bonds. The molecular formula is C18H19BrO5S. The molecule has 0 aliphatic carbocycles. The highest BCUT2D eigenvalue weighted by atomic mass is 79.9. The minimum atomic E-state index is -3.79. The van der Waals surface area contributed by atoms with Gasteiger partial charge in [-0.15, -0.1) is 0 Å². The van der Waals surface area contributed by atoms with Crippen molar-refractivity contribution in [2.24, 2.45) is 0 Å². The summed E-state index contributed by atoms with van der Waals surface area (Å²) >= 11 is 3.44. The van der Waals surface area contributed by atoms with Gasteiger partial charge < -0.3 is 14.6 Å². The van der Waals surface area contributed by atoms with E-state index in [1.807, 2.05) is 13.8 Å². The van der Waals surface area contributed by atoms with Crippen molar-refractivity contribution in [3.8, 4) is 11.5 Å². The molecule has 0 saturated heterocycles. The molecule has 0 spiro atoms. The molecular weight excluding hydrogens is 408 g/mol. The number of aliphatic hydroxyl groups excluding tert-OH is 1. The molecule has 2 aromatic rings. The predicted molar refractivity (Wildman–Crippen MR) is 97.3 cm³/mol. The number of aliphatic hydroxyl groups is 1. The van der Waals surface area contributed by atoms with Crippen LogP contribution < -0.4 is 9.47 Å². The van der Waals surface area contributed by atoms with Crippen LogP contribution in [0.4, 0.5) is 0 Å². The van der Waals surface area contributed by atoms with Gasteiger partial charge in [0.25, 0.3) is 0 Å². The quantitative estimate of drug-likeness (QED) is 0.760. The zero-order chi connectivity index (χ0) is 18.4. The summed E-state index contributed by atoms with van der Waals surface area (Å²) in [5.74, 6) is 0.593. The van der Waals surface area contributed by atoms with Crippen molar-refractivity contribution >= 4 is 25.8 Å². The van der Waals surface area contributed by atoms with Crippen molar-refractivity contribution in [2.45, 2.75) is 40.2 Å². The minimum absolute atomic E-state index is 0.00186. The van der Waals surface area contributed by atoms with Crippen LogP contribution in [-0.4, -0.2) is 31.1 Å². The molecule has 0 radical (unpaired) electrons. The summed E-state index contributed by atoms with van der Waals surface area (Å²) in [6, 6.07) is 11.1. The lowest BCUT2D eigenvalue weighted by atomic mass is 9.91. The van der Waals surface area contributed by atoms with Crippen LogP contribution in [0, 0.1) is 0 Å². The summed E-state index contributed by atoms with van der Waals surface area (Å²) in [5.41, 5.74) is -0.242. The monoisotopic (exact) mass is 426 g/mol. The van der Waals surface area contributed by atoms with Gasteiger partial charge >= 0.3 is 0 Å². The minimum Gasteiger partial charge on any atom is -0.495 e. The molecule has 25 heavy (non-hydrogen) atoms. The van der Waals surface area contributed by atoms with E-state index in [1.54, 1.807) is 18.2 Å². The third-order valence-electron chi connectivity index (χ3n) is 4.27. The van der Waals surface area contributed by atoms with Gasteiger partial charge in [0.2, 0.25) is 9.84 Å². The maximum Gasteiger partial charge on any atom is 0.210 e. The molecule has 0 fully saturated rings. The first kappa shape index (κ1) is 18.2. The number of alkyl halides is 1. The van der Waals surface area contributed by atoms with Gasteiger partial charge in [0, 0.05) is 11.6 Å². The van der Waals surface area contributed by atoms with Gasteiger partial charge in [0.15, 0.2) is 0 Å². The Hall–Kier alpha value is -1.57. The topological polar surface area (TPSA) is 72.8 Å². The summed E-state index contributed by atoms with van der Waals surface area (Å²) in [6.07, 6.45) is -0.908. The Labute approximate surface area is 155 Å². The van der Waals surface area contributed by atoms with E-state index in [2.05, 4.69) is 15.9 Å². The zero-order valence-corrected chi connectivity index (χ0v) is 16.5. The molecule has 2 aromatic carbocycles. The van der Waals surface area contributed by atoms with E-state index in [1.165, 1.54) is 31.4 Å². The third kappa shape index (κ3) is 3.05. The van der Waals surface area contributed by atoms with Crippen molar-refractivity contribution in [1.82, 2.24) is 0 Å². The van der Waals surface area contributed by atoms with Gasteiger partial charge in [-0.25, -0.2) is 8.42 Å². The average molecular weight is 427 g/mol. The van der Waals surface area contributed by atoms with E-state index < -0.39 is 21.5 Å². The van der Waals surface area contributed by atoms with Gasteiger partial charge in [-0.05, 0) is 32.0 Å². The first-order valence-electron chi connectivity index (χ1n) is 7.71. The summed E-state index contributed by atoms with van der Waals surface area (Å²) < 4.78 is 37.2. The number of hydrogen-bond acceptors (Lipinski definition) is 5. The lowest BCUT2D eigenvalue weighted by molar-refractivity contribution is 0.0221. The molecule has 7 heteroatoms. The number of ether oxygens (including phenoxy) is 2. The van der Waals surface area contributed by atoms with Gasteiger partial charge in [-0.3, -0.25) is 0 Å². The molecule has 1 heterocycles. The van der Waals surface area contributed by atoms with E-state index in [9.17, 15) is 13.5 Å². The highest BCUT2D eigenvalue weighted by molar-refractivity contribution is 9.09. The van der Waals surface area contributed by atoms with Crippen molar-refractivity contribution in [3.05, 3.63) is 48.0 Å². The Morgan fingerprint density at radius 1 is 1.20 bits per heavy atom.